The average molecular weight is 399 g/mol. The van der Waals surface area contributed by atoms with Crippen molar-refractivity contribution < 1.29 is 17.9 Å². The molecule has 142 valence electrons. The summed E-state index contributed by atoms with van der Waals surface area (Å²) < 4.78 is 29.7. The van der Waals surface area contributed by atoms with Gasteiger partial charge in [0.1, 0.15) is 5.76 Å². The van der Waals surface area contributed by atoms with Crippen molar-refractivity contribution in [2.24, 2.45) is 0 Å². The number of aliphatic hydroxyl groups excluding tert-OH is 1. The van der Waals surface area contributed by atoms with Crippen LogP contribution in [-0.4, -0.2) is 53.6 Å². The smallest absolute Gasteiger partial charge is 0.226 e. The van der Waals surface area contributed by atoms with Gasteiger partial charge in [-0.2, -0.15) is 0 Å². The van der Waals surface area contributed by atoms with Crippen LogP contribution in [0.2, 0.25) is 5.02 Å². The van der Waals surface area contributed by atoms with Gasteiger partial charge in [0.2, 0.25) is 5.89 Å². The van der Waals surface area contributed by atoms with Gasteiger partial charge in [-0.25, -0.2) is 13.4 Å². The third-order valence-corrected chi connectivity index (χ3v) is 7.08. The summed E-state index contributed by atoms with van der Waals surface area (Å²) in [5.74, 6) is 1.46. The Hall–Kier alpha value is -1.41. The highest BCUT2D eigenvalue weighted by atomic mass is 35.5. The second-order valence-corrected chi connectivity index (χ2v) is 9.63. The summed E-state index contributed by atoms with van der Waals surface area (Å²) in [5.41, 5.74) is 1.06. The van der Waals surface area contributed by atoms with E-state index in [0.717, 1.165) is 11.3 Å². The van der Waals surface area contributed by atoms with Crippen molar-refractivity contribution in [1.82, 2.24) is 9.88 Å². The first kappa shape index (κ1) is 19.4. The van der Waals surface area contributed by atoms with E-state index in [1.807, 2.05) is 30.9 Å². The molecule has 2 heterocycles. The number of rotatable bonds is 6. The number of nitrogens with zero attached hydrogens (tertiary/aromatic N) is 2. The van der Waals surface area contributed by atoms with Crippen molar-refractivity contribution in [3.8, 4) is 11.5 Å². The van der Waals surface area contributed by atoms with Gasteiger partial charge in [-0.3, -0.25) is 4.90 Å². The Labute approximate surface area is 158 Å². The zero-order chi connectivity index (χ0) is 18.9. The lowest BCUT2D eigenvalue weighted by Crippen LogP contribution is -2.48. The molecule has 0 unspecified atom stereocenters. The van der Waals surface area contributed by atoms with E-state index in [1.165, 1.54) is 0 Å². The van der Waals surface area contributed by atoms with E-state index >= 15 is 0 Å². The molecule has 3 rings (SSSR count). The molecule has 0 spiro atoms. The Kier molecular flexibility index (Phi) is 5.44. The summed E-state index contributed by atoms with van der Waals surface area (Å²) in [7, 11) is -3.04. The fourth-order valence-electron chi connectivity index (χ4n) is 3.37. The van der Waals surface area contributed by atoms with Crippen LogP contribution in [0.25, 0.3) is 11.5 Å². The van der Waals surface area contributed by atoms with Crippen LogP contribution in [0.5, 0.6) is 0 Å². The van der Waals surface area contributed by atoms with Crippen molar-refractivity contribution in [2.75, 3.05) is 24.7 Å². The molecular weight excluding hydrogens is 376 g/mol. The molecule has 1 aromatic carbocycles. The highest BCUT2D eigenvalue weighted by Gasteiger charge is 2.42. The third kappa shape index (κ3) is 4.11. The van der Waals surface area contributed by atoms with E-state index in [0.29, 0.717) is 36.2 Å². The minimum atomic E-state index is -3.04. The Balaban J connectivity index is 1.85. The maximum atomic E-state index is 12.0. The number of aryl methyl sites for hydroxylation is 1. The predicted octanol–water partition coefficient (Wildman–Crippen LogP) is 2.67. The zero-order valence-electron chi connectivity index (χ0n) is 14.9. The first-order valence-corrected chi connectivity index (χ1v) is 10.7. The monoisotopic (exact) mass is 398 g/mol. The lowest BCUT2D eigenvalue weighted by Gasteiger charge is -2.36. The number of hydrogen-bond donors (Lipinski definition) is 1. The van der Waals surface area contributed by atoms with Crippen molar-refractivity contribution >= 4 is 21.4 Å². The van der Waals surface area contributed by atoms with Crippen molar-refractivity contribution in [2.45, 2.75) is 32.4 Å². The fraction of sp³-hybridized carbons (Fsp3) is 0.500. The molecule has 1 aliphatic rings. The van der Waals surface area contributed by atoms with E-state index in [-0.39, 0.29) is 18.1 Å². The first-order valence-electron chi connectivity index (χ1n) is 8.51. The molecule has 1 atom stereocenters. The third-order valence-electron chi connectivity index (χ3n) is 4.94. The van der Waals surface area contributed by atoms with Crippen LogP contribution in [0, 0.1) is 6.92 Å². The van der Waals surface area contributed by atoms with Crippen molar-refractivity contribution in [1.29, 1.82) is 0 Å². The summed E-state index contributed by atoms with van der Waals surface area (Å²) in [6.45, 7) is 4.54. The van der Waals surface area contributed by atoms with Crippen molar-refractivity contribution in [3.63, 3.8) is 0 Å². The van der Waals surface area contributed by atoms with E-state index < -0.39 is 15.4 Å². The minimum absolute atomic E-state index is 0.0451. The molecule has 1 N–H and O–H groups in total. The van der Waals surface area contributed by atoms with Gasteiger partial charge in [0.25, 0.3) is 0 Å². The van der Waals surface area contributed by atoms with Gasteiger partial charge >= 0.3 is 0 Å². The average Bonchev–Trinajstić information content (AvgIpc) is 3.08. The molecule has 1 saturated heterocycles. The van der Waals surface area contributed by atoms with Gasteiger partial charge in [0.15, 0.2) is 9.84 Å². The molecule has 2 aromatic rings. The predicted molar refractivity (Wildman–Crippen MR) is 101 cm³/mol. The van der Waals surface area contributed by atoms with Crippen LogP contribution < -0.4 is 0 Å². The summed E-state index contributed by atoms with van der Waals surface area (Å²) in [5, 5.41) is 10.1. The Bertz CT molecular complexity index is 879. The normalized spacial score (nSPS) is 22.2. The quantitative estimate of drug-likeness (QED) is 0.805. The highest BCUT2D eigenvalue weighted by Crippen LogP contribution is 2.32. The molecule has 0 aliphatic carbocycles. The maximum absolute atomic E-state index is 12.0. The maximum Gasteiger partial charge on any atom is 0.226 e. The number of aliphatic hydroxyl groups is 1. The second-order valence-electron chi connectivity index (χ2n) is 7.01. The first-order chi connectivity index (χ1) is 12.2. The van der Waals surface area contributed by atoms with Gasteiger partial charge < -0.3 is 9.52 Å². The molecule has 8 heteroatoms. The topological polar surface area (TPSA) is 83.6 Å². The molecule has 0 amide bonds. The van der Waals surface area contributed by atoms with Crippen LogP contribution in [0.3, 0.4) is 0 Å². The van der Waals surface area contributed by atoms with Crippen LogP contribution in [0.1, 0.15) is 24.8 Å². The number of aromatic nitrogens is 1. The van der Waals surface area contributed by atoms with E-state index in [2.05, 4.69) is 4.98 Å². The number of sulfone groups is 1. The Morgan fingerprint density at radius 2 is 2.04 bits per heavy atom. The Morgan fingerprint density at radius 1 is 1.35 bits per heavy atom. The van der Waals surface area contributed by atoms with Crippen molar-refractivity contribution in [3.05, 3.63) is 40.7 Å². The number of β-amino-alcohol motifs (C(OH)–C–C–N with tert-alkyl or cyclic N) is 1. The fourth-order valence-corrected chi connectivity index (χ4v) is 5.67. The lowest BCUT2D eigenvalue weighted by atomic mass is 9.99. The molecule has 0 radical (unpaired) electrons. The standard InChI is InChI=1S/C18H23ClN2O4S/c1-13-16(20-17(25-13)14-3-5-15(19)6-4-14)11-21(8-9-22)18(2)7-10-26(23,24)12-18/h3-6,22H,7-12H2,1-2H3/t18-/m0/s1. The molecule has 6 nitrogen and oxygen atoms in total. The van der Waals surface area contributed by atoms with E-state index in [1.54, 1.807) is 12.1 Å². The summed E-state index contributed by atoms with van der Waals surface area (Å²) in [6.07, 6.45) is 0.552. The largest absolute Gasteiger partial charge is 0.441 e. The number of hydrogen-bond acceptors (Lipinski definition) is 6. The molecule has 1 aromatic heterocycles. The lowest BCUT2D eigenvalue weighted by molar-refractivity contribution is 0.0884. The van der Waals surface area contributed by atoms with Crippen LogP contribution in [0.15, 0.2) is 28.7 Å². The van der Waals surface area contributed by atoms with Crippen LogP contribution in [-0.2, 0) is 16.4 Å². The molecular formula is C18H23ClN2O4S. The van der Waals surface area contributed by atoms with Gasteiger partial charge in [0.05, 0.1) is 23.8 Å². The van der Waals surface area contributed by atoms with Gasteiger partial charge in [-0.05, 0) is 44.5 Å². The van der Waals surface area contributed by atoms with E-state index in [4.69, 9.17) is 16.0 Å². The SMILES string of the molecule is Cc1oc(-c2ccc(Cl)cc2)nc1CN(CCO)[C@@]1(C)CCS(=O)(=O)C1. The number of halogens is 1. The number of oxazole rings is 1. The highest BCUT2D eigenvalue weighted by molar-refractivity contribution is 7.91. The van der Waals surface area contributed by atoms with Gasteiger partial charge in [0, 0.05) is 29.2 Å². The molecule has 0 bridgehead atoms. The Morgan fingerprint density at radius 3 is 2.62 bits per heavy atom. The zero-order valence-corrected chi connectivity index (χ0v) is 16.5. The van der Waals surface area contributed by atoms with Crippen LogP contribution in [0.4, 0.5) is 0 Å². The minimum Gasteiger partial charge on any atom is -0.441 e. The van der Waals surface area contributed by atoms with E-state index in [9.17, 15) is 13.5 Å². The molecule has 1 fully saturated rings. The molecule has 1 aliphatic heterocycles. The molecule has 26 heavy (non-hydrogen) atoms. The summed E-state index contributed by atoms with van der Waals surface area (Å²) in [6, 6.07) is 7.23. The number of benzene rings is 1. The summed E-state index contributed by atoms with van der Waals surface area (Å²) in [4.78, 5) is 6.58. The van der Waals surface area contributed by atoms with Gasteiger partial charge in [-0.15, -0.1) is 0 Å². The second kappa shape index (κ2) is 7.31. The van der Waals surface area contributed by atoms with Crippen LogP contribution >= 0.6 is 11.6 Å². The molecule has 0 saturated carbocycles. The summed E-state index contributed by atoms with van der Waals surface area (Å²) >= 11 is 5.92. The van der Waals surface area contributed by atoms with Gasteiger partial charge in [-0.1, -0.05) is 11.6 Å².